The molecule has 0 saturated carbocycles. The van der Waals surface area contributed by atoms with Gasteiger partial charge in [-0.1, -0.05) is 12.1 Å². The molecule has 0 aliphatic heterocycles. The zero-order chi connectivity index (χ0) is 10.7. The van der Waals surface area contributed by atoms with Gasteiger partial charge in [0.2, 0.25) is 0 Å². The van der Waals surface area contributed by atoms with Crippen molar-refractivity contribution in [2.45, 2.75) is 19.4 Å². The number of benzene rings is 1. The molecular formula is C10H13NO3. The fraction of sp³-hybridized carbons (Fsp3) is 0.300. The maximum absolute atomic E-state index is 10.5. The minimum atomic E-state index is -1.03. The van der Waals surface area contributed by atoms with Gasteiger partial charge in [0.15, 0.2) is 0 Å². The molecule has 1 atom stereocenters. The number of phenols is 1. The van der Waals surface area contributed by atoms with Crippen molar-refractivity contribution >= 4 is 5.97 Å². The molecule has 0 aliphatic rings. The topological polar surface area (TPSA) is 83.5 Å². The van der Waals surface area contributed by atoms with Crippen LogP contribution in [0.1, 0.15) is 11.1 Å². The second-order valence-corrected chi connectivity index (χ2v) is 3.21. The number of rotatable bonds is 3. The number of phenolic OH excluding ortho intramolecular Hbond substituents is 1. The Kier molecular flexibility index (Phi) is 3.09. The highest BCUT2D eigenvalue weighted by Crippen LogP contribution is 2.20. The summed E-state index contributed by atoms with van der Waals surface area (Å²) in [5, 5.41) is 18.0. The van der Waals surface area contributed by atoms with Gasteiger partial charge in [0, 0.05) is 0 Å². The summed E-state index contributed by atoms with van der Waals surface area (Å²) in [6.45, 7) is 1.74. The quantitative estimate of drug-likeness (QED) is 0.661. The van der Waals surface area contributed by atoms with E-state index in [0.29, 0.717) is 5.56 Å². The Hall–Kier alpha value is -1.55. The highest BCUT2D eigenvalue weighted by Gasteiger charge is 2.14. The Labute approximate surface area is 82.0 Å². The minimum Gasteiger partial charge on any atom is -0.508 e. The first-order valence-corrected chi connectivity index (χ1v) is 4.28. The van der Waals surface area contributed by atoms with E-state index in [-0.39, 0.29) is 12.2 Å². The lowest BCUT2D eigenvalue weighted by Crippen LogP contribution is -2.32. The number of aliphatic carboxylic acids is 1. The lowest BCUT2D eigenvalue weighted by atomic mass is 10.0. The van der Waals surface area contributed by atoms with Crippen molar-refractivity contribution in [1.82, 2.24) is 0 Å². The van der Waals surface area contributed by atoms with E-state index in [4.69, 9.17) is 10.8 Å². The van der Waals surface area contributed by atoms with E-state index >= 15 is 0 Å². The average molecular weight is 195 g/mol. The maximum Gasteiger partial charge on any atom is 0.320 e. The predicted octanol–water partition coefficient (Wildman–Crippen LogP) is 0.655. The molecule has 4 nitrogen and oxygen atoms in total. The van der Waals surface area contributed by atoms with Crippen molar-refractivity contribution in [3.63, 3.8) is 0 Å². The van der Waals surface area contributed by atoms with Crippen LogP contribution in [0, 0.1) is 6.92 Å². The van der Waals surface area contributed by atoms with Crippen LogP contribution in [-0.4, -0.2) is 22.2 Å². The van der Waals surface area contributed by atoms with Crippen molar-refractivity contribution < 1.29 is 15.0 Å². The lowest BCUT2D eigenvalue weighted by Gasteiger charge is -2.09. The van der Waals surface area contributed by atoms with E-state index in [1.807, 2.05) is 0 Å². The monoisotopic (exact) mass is 195 g/mol. The standard InChI is InChI=1S/C10H13NO3/c1-6-7(3-2-4-9(6)12)5-8(11)10(13)14/h2-4,8,12H,5,11H2,1H3,(H,13,14)/t8-/m1/s1. The van der Waals surface area contributed by atoms with Crippen LogP contribution in [0.4, 0.5) is 0 Å². The Morgan fingerprint density at radius 1 is 1.57 bits per heavy atom. The van der Waals surface area contributed by atoms with Gasteiger partial charge in [-0.25, -0.2) is 0 Å². The van der Waals surface area contributed by atoms with Crippen LogP contribution in [0.5, 0.6) is 5.75 Å². The molecule has 0 unspecified atom stereocenters. The van der Waals surface area contributed by atoms with E-state index in [1.165, 1.54) is 0 Å². The summed E-state index contributed by atoms with van der Waals surface area (Å²) in [6, 6.07) is 4.07. The number of carboxylic acids is 1. The molecule has 0 radical (unpaired) electrons. The van der Waals surface area contributed by atoms with Gasteiger partial charge in [0.1, 0.15) is 11.8 Å². The van der Waals surface area contributed by atoms with Gasteiger partial charge in [-0.15, -0.1) is 0 Å². The summed E-state index contributed by atoms with van der Waals surface area (Å²) in [7, 11) is 0. The molecule has 0 heterocycles. The third-order valence-corrected chi connectivity index (χ3v) is 2.17. The maximum atomic E-state index is 10.5. The molecule has 14 heavy (non-hydrogen) atoms. The Bertz CT molecular complexity index is 349. The molecule has 0 fully saturated rings. The second kappa shape index (κ2) is 4.11. The van der Waals surface area contributed by atoms with Gasteiger partial charge in [-0.05, 0) is 30.5 Å². The normalized spacial score (nSPS) is 12.4. The van der Waals surface area contributed by atoms with Gasteiger partial charge in [-0.2, -0.15) is 0 Å². The van der Waals surface area contributed by atoms with E-state index in [9.17, 15) is 9.90 Å². The molecule has 4 N–H and O–H groups in total. The number of carbonyl (C=O) groups is 1. The predicted molar refractivity (Wildman–Crippen MR) is 52.2 cm³/mol. The number of hydrogen-bond donors (Lipinski definition) is 3. The van der Waals surface area contributed by atoms with Crippen LogP contribution in [0.15, 0.2) is 18.2 Å². The fourth-order valence-corrected chi connectivity index (χ4v) is 1.22. The highest BCUT2D eigenvalue weighted by molar-refractivity contribution is 5.73. The van der Waals surface area contributed by atoms with Gasteiger partial charge < -0.3 is 15.9 Å². The average Bonchev–Trinajstić information content (AvgIpc) is 2.12. The number of aromatic hydroxyl groups is 1. The van der Waals surface area contributed by atoms with Crippen molar-refractivity contribution in [1.29, 1.82) is 0 Å². The second-order valence-electron chi connectivity index (χ2n) is 3.21. The van der Waals surface area contributed by atoms with Crippen molar-refractivity contribution in [3.8, 4) is 5.75 Å². The van der Waals surface area contributed by atoms with Crippen LogP contribution >= 0.6 is 0 Å². The third-order valence-electron chi connectivity index (χ3n) is 2.17. The number of hydrogen-bond acceptors (Lipinski definition) is 3. The summed E-state index contributed by atoms with van der Waals surface area (Å²) in [5.74, 6) is -0.868. The molecule has 0 saturated heterocycles. The summed E-state index contributed by atoms with van der Waals surface area (Å²) in [6.07, 6.45) is 0.232. The smallest absolute Gasteiger partial charge is 0.320 e. The molecule has 0 bridgehead atoms. The number of nitrogens with two attached hydrogens (primary N) is 1. The van der Waals surface area contributed by atoms with Gasteiger partial charge in [0.25, 0.3) is 0 Å². The number of carboxylic acid groups (broad SMARTS) is 1. The molecule has 0 amide bonds. The van der Waals surface area contributed by atoms with Crippen LogP contribution in [0.25, 0.3) is 0 Å². The first kappa shape index (κ1) is 10.5. The van der Waals surface area contributed by atoms with E-state index in [0.717, 1.165) is 5.56 Å². The summed E-state index contributed by atoms with van der Waals surface area (Å²) >= 11 is 0. The van der Waals surface area contributed by atoms with Crippen molar-refractivity contribution in [2.75, 3.05) is 0 Å². The summed E-state index contributed by atoms with van der Waals surface area (Å²) in [4.78, 5) is 10.5. The highest BCUT2D eigenvalue weighted by atomic mass is 16.4. The zero-order valence-corrected chi connectivity index (χ0v) is 7.90. The first-order valence-electron chi connectivity index (χ1n) is 4.28. The van der Waals surface area contributed by atoms with Gasteiger partial charge in [0.05, 0.1) is 0 Å². The summed E-state index contributed by atoms with van der Waals surface area (Å²) in [5.41, 5.74) is 6.83. The molecule has 4 heteroatoms. The fourth-order valence-electron chi connectivity index (χ4n) is 1.22. The van der Waals surface area contributed by atoms with E-state index in [2.05, 4.69) is 0 Å². The zero-order valence-electron chi connectivity index (χ0n) is 7.90. The molecule has 0 aliphatic carbocycles. The molecule has 1 aromatic carbocycles. The van der Waals surface area contributed by atoms with Crippen LogP contribution < -0.4 is 5.73 Å². The Morgan fingerprint density at radius 3 is 2.79 bits per heavy atom. The third kappa shape index (κ3) is 2.23. The minimum absolute atomic E-state index is 0.167. The van der Waals surface area contributed by atoms with Gasteiger partial charge >= 0.3 is 5.97 Å². The molecule has 0 spiro atoms. The van der Waals surface area contributed by atoms with E-state index in [1.54, 1.807) is 25.1 Å². The van der Waals surface area contributed by atoms with Crippen molar-refractivity contribution in [3.05, 3.63) is 29.3 Å². The lowest BCUT2D eigenvalue weighted by molar-refractivity contribution is -0.138. The SMILES string of the molecule is Cc1c(O)cccc1C[C@@H](N)C(=O)O. The largest absolute Gasteiger partial charge is 0.508 e. The van der Waals surface area contributed by atoms with Crippen molar-refractivity contribution in [2.24, 2.45) is 5.73 Å². The van der Waals surface area contributed by atoms with Crippen LogP contribution in [0.3, 0.4) is 0 Å². The first-order chi connectivity index (χ1) is 6.52. The molecule has 1 rings (SSSR count). The summed E-state index contributed by atoms with van der Waals surface area (Å²) < 4.78 is 0. The Balaban J connectivity index is 2.87. The Morgan fingerprint density at radius 2 is 2.21 bits per heavy atom. The molecular weight excluding hydrogens is 182 g/mol. The van der Waals surface area contributed by atoms with Crippen LogP contribution in [0.2, 0.25) is 0 Å². The van der Waals surface area contributed by atoms with Gasteiger partial charge in [-0.3, -0.25) is 4.79 Å². The molecule has 76 valence electrons. The molecule has 1 aromatic rings. The molecule has 0 aromatic heterocycles. The van der Waals surface area contributed by atoms with E-state index < -0.39 is 12.0 Å². The van der Waals surface area contributed by atoms with Crippen LogP contribution in [-0.2, 0) is 11.2 Å².